The van der Waals surface area contributed by atoms with Crippen LogP contribution in [0.1, 0.15) is 31.4 Å². The first-order valence-corrected chi connectivity index (χ1v) is 10.6. The highest BCUT2D eigenvalue weighted by molar-refractivity contribution is 9.11. The van der Waals surface area contributed by atoms with Crippen LogP contribution >= 0.6 is 43.5 Å². The molecule has 0 aliphatic carbocycles. The van der Waals surface area contributed by atoms with Crippen molar-refractivity contribution in [3.8, 4) is 5.75 Å². The molecule has 0 bridgehead atoms. The molecule has 0 spiro atoms. The van der Waals surface area contributed by atoms with Gasteiger partial charge in [0.2, 0.25) is 5.91 Å². The number of hydrogen-bond acceptors (Lipinski definition) is 3. The van der Waals surface area contributed by atoms with Gasteiger partial charge in [-0.2, -0.15) is 0 Å². The van der Waals surface area contributed by atoms with E-state index in [0.29, 0.717) is 31.8 Å². The van der Waals surface area contributed by atoms with Crippen molar-refractivity contribution < 1.29 is 19.4 Å². The molecule has 2 rings (SSSR count). The van der Waals surface area contributed by atoms with Crippen LogP contribution in [0.5, 0.6) is 5.75 Å². The van der Waals surface area contributed by atoms with Crippen LogP contribution in [-0.4, -0.2) is 17.0 Å². The molecule has 0 unspecified atom stereocenters. The Balaban J connectivity index is 2.14. The van der Waals surface area contributed by atoms with Crippen LogP contribution in [0, 0.1) is 5.92 Å². The van der Waals surface area contributed by atoms with E-state index in [0.717, 1.165) is 11.1 Å². The lowest BCUT2D eigenvalue weighted by molar-refractivity contribution is -0.137. The highest BCUT2D eigenvalue weighted by atomic mass is 79.9. The standard InChI is InChI=1S/C20H20Br2ClNO4/c1-11(2)20(27)24-16-5-3-4-13(18(16)23)10-28-19-14(21)8-12(9-15(19)22)6-7-17(25)26/h3-5,8-9,11H,6-7,10H2,1-2H3,(H,24,27)(H,25,26). The highest BCUT2D eigenvalue weighted by Gasteiger charge is 2.14. The van der Waals surface area contributed by atoms with Crippen molar-refractivity contribution in [2.24, 2.45) is 5.92 Å². The fourth-order valence-electron chi connectivity index (χ4n) is 2.36. The van der Waals surface area contributed by atoms with Gasteiger partial charge in [-0.3, -0.25) is 9.59 Å². The average molecular weight is 534 g/mol. The molecule has 2 aromatic carbocycles. The van der Waals surface area contributed by atoms with E-state index in [4.69, 9.17) is 21.4 Å². The fraction of sp³-hybridized carbons (Fsp3) is 0.300. The number of aryl methyl sites for hydroxylation is 1. The van der Waals surface area contributed by atoms with Gasteiger partial charge in [0.15, 0.2) is 0 Å². The van der Waals surface area contributed by atoms with Crippen LogP contribution < -0.4 is 10.1 Å². The summed E-state index contributed by atoms with van der Waals surface area (Å²) in [5.41, 5.74) is 2.16. The van der Waals surface area contributed by atoms with Crippen molar-refractivity contribution in [2.45, 2.75) is 33.3 Å². The van der Waals surface area contributed by atoms with Gasteiger partial charge in [0, 0.05) is 17.9 Å². The van der Waals surface area contributed by atoms with Gasteiger partial charge in [0.25, 0.3) is 0 Å². The largest absolute Gasteiger partial charge is 0.486 e. The molecule has 2 N–H and O–H groups in total. The number of carbonyl (C=O) groups is 2. The van der Waals surface area contributed by atoms with Gasteiger partial charge in [-0.15, -0.1) is 0 Å². The summed E-state index contributed by atoms with van der Waals surface area (Å²) in [4.78, 5) is 22.7. The summed E-state index contributed by atoms with van der Waals surface area (Å²) in [5.74, 6) is -0.511. The number of carboxylic acid groups (broad SMARTS) is 1. The van der Waals surface area contributed by atoms with E-state index in [2.05, 4.69) is 37.2 Å². The summed E-state index contributed by atoms with van der Waals surface area (Å²) in [6.45, 7) is 3.83. The summed E-state index contributed by atoms with van der Waals surface area (Å²) >= 11 is 13.4. The third kappa shape index (κ3) is 6.22. The Bertz CT molecular complexity index is 863. The molecule has 5 nitrogen and oxygen atoms in total. The summed E-state index contributed by atoms with van der Waals surface area (Å²) in [6, 6.07) is 9.05. The second-order valence-corrected chi connectivity index (χ2v) is 8.58. The molecule has 150 valence electrons. The Morgan fingerprint density at radius 1 is 1.21 bits per heavy atom. The molecule has 1 amide bonds. The molecule has 0 radical (unpaired) electrons. The molecule has 0 aliphatic rings. The Morgan fingerprint density at radius 2 is 1.86 bits per heavy atom. The molecule has 0 aromatic heterocycles. The smallest absolute Gasteiger partial charge is 0.303 e. The van der Waals surface area contributed by atoms with Crippen LogP contribution in [0.4, 0.5) is 5.69 Å². The summed E-state index contributed by atoms with van der Waals surface area (Å²) in [5, 5.41) is 12.1. The number of rotatable bonds is 8. The number of anilines is 1. The summed E-state index contributed by atoms with van der Waals surface area (Å²) in [7, 11) is 0. The Morgan fingerprint density at radius 3 is 2.43 bits per heavy atom. The third-order valence-electron chi connectivity index (χ3n) is 3.92. The molecule has 2 aromatic rings. The van der Waals surface area contributed by atoms with E-state index in [1.165, 1.54) is 0 Å². The SMILES string of the molecule is CC(C)C(=O)Nc1cccc(COc2c(Br)cc(CCC(=O)O)cc2Br)c1Cl. The molecule has 0 saturated carbocycles. The van der Waals surface area contributed by atoms with Gasteiger partial charge >= 0.3 is 5.97 Å². The number of aliphatic carboxylic acids is 1. The van der Waals surface area contributed by atoms with Gasteiger partial charge in [-0.1, -0.05) is 37.6 Å². The zero-order chi connectivity index (χ0) is 20.8. The molecule has 0 heterocycles. The minimum Gasteiger partial charge on any atom is -0.486 e. The van der Waals surface area contributed by atoms with E-state index < -0.39 is 5.97 Å². The molecular formula is C20H20Br2ClNO4. The third-order valence-corrected chi connectivity index (χ3v) is 5.54. The molecular weight excluding hydrogens is 513 g/mol. The van der Waals surface area contributed by atoms with Crippen molar-refractivity contribution in [2.75, 3.05) is 5.32 Å². The lowest BCUT2D eigenvalue weighted by atomic mass is 10.1. The van der Waals surface area contributed by atoms with E-state index in [-0.39, 0.29) is 24.9 Å². The van der Waals surface area contributed by atoms with Gasteiger partial charge < -0.3 is 15.2 Å². The number of hydrogen-bond donors (Lipinski definition) is 2. The first-order chi connectivity index (χ1) is 13.2. The number of benzene rings is 2. The van der Waals surface area contributed by atoms with Crippen LogP contribution in [0.15, 0.2) is 39.3 Å². The van der Waals surface area contributed by atoms with Crippen molar-refractivity contribution in [3.05, 3.63) is 55.4 Å². The lowest BCUT2D eigenvalue weighted by Gasteiger charge is -2.15. The molecule has 8 heteroatoms. The van der Waals surface area contributed by atoms with Crippen molar-refractivity contribution in [1.82, 2.24) is 0 Å². The van der Waals surface area contributed by atoms with Gasteiger partial charge in [0.05, 0.1) is 19.7 Å². The molecule has 0 atom stereocenters. The lowest BCUT2D eigenvalue weighted by Crippen LogP contribution is -2.18. The van der Waals surface area contributed by atoms with E-state index in [1.54, 1.807) is 12.1 Å². The first kappa shape index (κ1) is 22.7. The molecule has 0 saturated heterocycles. The monoisotopic (exact) mass is 531 g/mol. The van der Waals surface area contributed by atoms with Crippen LogP contribution in [-0.2, 0) is 22.6 Å². The van der Waals surface area contributed by atoms with Crippen LogP contribution in [0.25, 0.3) is 0 Å². The van der Waals surface area contributed by atoms with Crippen molar-refractivity contribution in [3.63, 3.8) is 0 Å². The predicted molar refractivity (Wildman–Crippen MR) is 117 cm³/mol. The fourth-order valence-corrected chi connectivity index (χ4v) is 4.10. The highest BCUT2D eigenvalue weighted by Crippen LogP contribution is 2.36. The van der Waals surface area contributed by atoms with Crippen LogP contribution in [0.3, 0.4) is 0 Å². The Kier molecular flexibility index (Phi) is 8.34. The minimum atomic E-state index is -0.841. The number of ether oxygens (including phenoxy) is 1. The maximum atomic E-state index is 11.9. The van der Waals surface area contributed by atoms with E-state index >= 15 is 0 Å². The number of amides is 1. The number of carbonyl (C=O) groups excluding carboxylic acids is 1. The maximum absolute atomic E-state index is 11.9. The second-order valence-electron chi connectivity index (χ2n) is 6.49. The average Bonchev–Trinajstić information content (AvgIpc) is 2.61. The normalized spacial score (nSPS) is 10.8. The predicted octanol–water partition coefficient (Wildman–Crippen LogP) is 6.06. The minimum absolute atomic E-state index is 0.0591. The van der Waals surface area contributed by atoms with E-state index in [1.807, 2.05) is 32.0 Å². The second kappa shape index (κ2) is 10.3. The topological polar surface area (TPSA) is 75.6 Å². The Hall–Kier alpha value is -1.57. The number of carboxylic acids is 1. The van der Waals surface area contributed by atoms with Gasteiger partial charge in [-0.05, 0) is 62.0 Å². The van der Waals surface area contributed by atoms with Gasteiger partial charge in [0.1, 0.15) is 12.4 Å². The summed E-state index contributed by atoms with van der Waals surface area (Å²) in [6.07, 6.45) is 0.486. The Labute approximate surface area is 185 Å². The summed E-state index contributed by atoms with van der Waals surface area (Å²) < 4.78 is 7.34. The maximum Gasteiger partial charge on any atom is 0.303 e. The van der Waals surface area contributed by atoms with Crippen LogP contribution in [0.2, 0.25) is 5.02 Å². The molecule has 28 heavy (non-hydrogen) atoms. The number of nitrogens with one attached hydrogen (secondary N) is 1. The van der Waals surface area contributed by atoms with Gasteiger partial charge in [-0.25, -0.2) is 0 Å². The molecule has 0 aliphatic heterocycles. The number of halogens is 3. The zero-order valence-corrected chi connectivity index (χ0v) is 19.3. The first-order valence-electron chi connectivity index (χ1n) is 8.59. The van der Waals surface area contributed by atoms with Crippen molar-refractivity contribution >= 4 is 61.0 Å². The van der Waals surface area contributed by atoms with E-state index in [9.17, 15) is 9.59 Å². The molecule has 0 fully saturated rings. The van der Waals surface area contributed by atoms with Crippen molar-refractivity contribution in [1.29, 1.82) is 0 Å². The quantitative estimate of drug-likeness (QED) is 0.433. The zero-order valence-electron chi connectivity index (χ0n) is 15.4.